The molecule has 3 heterocycles. The summed E-state index contributed by atoms with van der Waals surface area (Å²) in [5.74, 6) is -0.427. The lowest BCUT2D eigenvalue weighted by Crippen LogP contribution is -2.48. The highest BCUT2D eigenvalue weighted by Crippen LogP contribution is 2.32. The molecule has 2 saturated heterocycles. The van der Waals surface area contributed by atoms with Crippen molar-refractivity contribution in [3.8, 4) is 11.5 Å². The van der Waals surface area contributed by atoms with Crippen molar-refractivity contribution in [2.75, 3.05) is 104 Å². The number of hydrogen-bond acceptors (Lipinski definition) is 14. The Hall–Kier alpha value is -4.47. The maximum absolute atomic E-state index is 14.0. The van der Waals surface area contributed by atoms with Crippen LogP contribution < -0.4 is 41.4 Å². The maximum Gasteiger partial charge on any atom is 0.206 e. The first-order valence-electron chi connectivity index (χ1n) is 22.8. The molecular formula is C50H67Br2F2N10O4PS3. The number of ether oxygens (including phenoxy) is 2. The van der Waals surface area contributed by atoms with Crippen LogP contribution in [0, 0.1) is 11.6 Å². The number of halogens is 4. The molecule has 0 aliphatic carbocycles. The number of carbonyl (C=O) groups excluding carboxylic acids is 2. The molecule has 392 valence electrons. The number of aliphatic imine (C=N–C) groups is 1. The number of nitrogens with one attached hydrogen (secondary N) is 2. The Morgan fingerprint density at radius 2 is 1.25 bits per heavy atom. The average Bonchev–Trinajstić information content (AvgIpc) is 3.73. The number of thiazole rings is 1. The van der Waals surface area contributed by atoms with Crippen LogP contribution in [0.1, 0.15) is 60.2 Å². The van der Waals surface area contributed by atoms with Gasteiger partial charge in [-0.1, -0.05) is 46.0 Å². The molecule has 6 N–H and O–H groups in total. The zero-order valence-electron chi connectivity index (χ0n) is 41.8. The standard InChI is InChI=1S/C24H28FN5O2S.C17H27N5S2.C9H8BrFO2.BrH.H3P/c1-15(2)29-10-12-30(13-11-29)18-7-5-17(6-8-18)27-24-28-23(26)22(33-24)21(31)16-4-9-20(32-3)19(25)14-16;1-4-24-16(18)20-17(23)19-14-5-7-15(8-6-14)22-11-9-21(10-12-22)13(2)3;1-13-9-3-2-6(4-7(9)11)8(12)5-10;;/h4-9,14-15H,10-13,26H2,1-3H3,(H,27,28);5-8,13H,4,9-12H2,1-3H3,(H3,18,19,20,23);2-4H,5H2,1H3;1H;1H3. The number of anilines is 6. The number of nitrogens with two attached hydrogens (primary N) is 2. The summed E-state index contributed by atoms with van der Waals surface area (Å²) in [5.41, 5.74) is 16.5. The topological polar surface area (TPSA) is 167 Å². The molecule has 1 aromatic heterocycles. The molecule has 1 atom stereocenters. The first-order valence-corrected chi connectivity index (χ1v) is 26.2. The van der Waals surface area contributed by atoms with E-state index in [-0.39, 0.29) is 71.5 Å². The van der Waals surface area contributed by atoms with E-state index in [1.54, 1.807) is 0 Å². The number of piperazine rings is 2. The molecule has 22 heteroatoms. The molecule has 0 spiro atoms. The second-order valence-electron chi connectivity index (χ2n) is 16.6. The van der Waals surface area contributed by atoms with Gasteiger partial charge in [-0.2, -0.15) is 14.9 Å². The predicted molar refractivity (Wildman–Crippen MR) is 315 cm³/mol. The summed E-state index contributed by atoms with van der Waals surface area (Å²) < 4.78 is 36.7. The van der Waals surface area contributed by atoms with Crippen LogP contribution in [0.2, 0.25) is 0 Å². The summed E-state index contributed by atoms with van der Waals surface area (Å²) in [7, 11) is 2.75. The number of alkyl halides is 1. The molecule has 0 saturated carbocycles. The van der Waals surface area contributed by atoms with E-state index in [2.05, 4.69) is 108 Å². The van der Waals surface area contributed by atoms with Crippen LogP contribution in [-0.2, 0) is 0 Å². The van der Waals surface area contributed by atoms with E-state index in [0.29, 0.717) is 33.1 Å². The van der Waals surface area contributed by atoms with Gasteiger partial charge in [0.05, 0.1) is 19.5 Å². The first kappa shape index (κ1) is 61.8. The van der Waals surface area contributed by atoms with E-state index in [1.165, 1.54) is 67.7 Å². The highest BCUT2D eigenvalue weighted by molar-refractivity contribution is 9.09. The van der Waals surface area contributed by atoms with Gasteiger partial charge in [0.25, 0.3) is 0 Å². The number of nitrogens with zero attached hydrogens (tertiary/aromatic N) is 6. The number of amidine groups is 1. The number of ketones is 2. The Morgan fingerprint density at radius 3 is 1.68 bits per heavy atom. The SMILES string of the molecule is Br.CCSC(N)=NC(=S)Nc1ccc(N2CCN(C(C)C)CC2)cc1.COc1ccc(C(=O)CBr)cc1F.COc1ccc(C(=O)c2sc(Nc3ccc(N4CCN(C(C)C)CC4)cc3)nc2N)cc1F.P. The monoisotopic (exact) mass is 1190 g/mol. The normalized spacial score (nSPS) is 13.9. The van der Waals surface area contributed by atoms with Crippen LogP contribution in [0.25, 0.3) is 0 Å². The molecule has 72 heavy (non-hydrogen) atoms. The Labute approximate surface area is 458 Å². The Morgan fingerprint density at radius 1 is 0.792 bits per heavy atom. The van der Waals surface area contributed by atoms with Crippen molar-refractivity contribution in [1.29, 1.82) is 0 Å². The van der Waals surface area contributed by atoms with Gasteiger partial charge in [0, 0.05) is 98.3 Å². The Kier molecular flexibility index (Phi) is 26.3. The van der Waals surface area contributed by atoms with Crippen LogP contribution in [0.3, 0.4) is 0 Å². The molecule has 0 amide bonds. The third-order valence-corrected chi connectivity index (χ3v) is 13.8. The number of carbonyl (C=O) groups is 2. The number of hydrogen-bond donors (Lipinski definition) is 4. The minimum atomic E-state index is -0.601. The van der Waals surface area contributed by atoms with Crippen LogP contribution in [0.4, 0.5) is 42.5 Å². The lowest BCUT2D eigenvalue weighted by atomic mass is 10.1. The number of benzene rings is 4. The van der Waals surface area contributed by atoms with Crippen molar-refractivity contribution in [3.63, 3.8) is 0 Å². The van der Waals surface area contributed by atoms with Crippen molar-refractivity contribution < 1.29 is 27.8 Å². The number of methoxy groups -OCH3 is 2. The first-order chi connectivity index (χ1) is 33.5. The molecule has 0 bridgehead atoms. The minimum absolute atomic E-state index is 0. The fourth-order valence-electron chi connectivity index (χ4n) is 7.46. The lowest BCUT2D eigenvalue weighted by molar-refractivity contribution is 0.102. The van der Waals surface area contributed by atoms with Crippen LogP contribution >= 0.6 is 78.1 Å². The predicted octanol–water partition coefficient (Wildman–Crippen LogP) is 10.4. The summed E-state index contributed by atoms with van der Waals surface area (Å²) in [6.45, 7) is 19.5. The van der Waals surface area contributed by atoms with Crippen LogP contribution in [-0.4, -0.2) is 126 Å². The van der Waals surface area contributed by atoms with E-state index in [1.807, 2.05) is 31.2 Å². The third-order valence-electron chi connectivity index (χ3n) is 11.4. The zero-order valence-corrected chi connectivity index (χ0v) is 48.9. The summed E-state index contributed by atoms with van der Waals surface area (Å²) in [5, 5.41) is 7.90. The van der Waals surface area contributed by atoms with E-state index >= 15 is 0 Å². The van der Waals surface area contributed by atoms with Crippen molar-refractivity contribution in [2.45, 2.75) is 46.7 Å². The van der Waals surface area contributed by atoms with E-state index in [0.717, 1.165) is 86.9 Å². The fraction of sp³-hybridized carbons (Fsp3) is 0.380. The second kappa shape index (κ2) is 30.7. The minimum Gasteiger partial charge on any atom is -0.494 e. The van der Waals surface area contributed by atoms with Gasteiger partial charge in [-0.05, 0) is 131 Å². The van der Waals surface area contributed by atoms with E-state index in [9.17, 15) is 18.4 Å². The van der Waals surface area contributed by atoms with Gasteiger partial charge in [0.2, 0.25) is 5.78 Å². The van der Waals surface area contributed by atoms with Crippen LogP contribution in [0.5, 0.6) is 11.5 Å². The number of thioether (sulfide) groups is 1. The number of thiocarbonyl (C=S) groups is 1. The van der Waals surface area contributed by atoms with E-state index < -0.39 is 11.6 Å². The molecule has 5 aromatic rings. The molecule has 14 nitrogen and oxygen atoms in total. The van der Waals surface area contributed by atoms with Gasteiger partial charge in [-0.25, -0.2) is 13.8 Å². The van der Waals surface area contributed by atoms with Gasteiger partial charge in [-0.15, -0.1) is 17.0 Å². The number of Topliss-reactive ketones (excluding diaryl/α,β-unsaturated/α-hetero) is 1. The van der Waals surface area contributed by atoms with Crippen LogP contribution in [0.15, 0.2) is 89.9 Å². The highest BCUT2D eigenvalue weighted by atomic mass is 79.9. The van der Waals surface area contributed by atoms with Gasteiger partial charge < -0.3 is 41.4 Å². The smallest absolute Gasteiger partial charge is 0.206 e. The Balaban J connectivity index is 0.000000308. The van der Waals surface area contributed by atoms with Gasteiger partial charge >= 0.3 is 0 Å². The highest BCUT2D eigenvalue weighted by Gasteiger charge is 2.22. The van der Waals surface area contributed by atoms with E-state index in [4.69, 9.17) is 33.2 Å². The number of aromatic nitrogens is 1. The average molecular weight is 1200 g/mol. The molecule has 2 aliphatic rings. The molecule has 7 rings (SSSR count). The molecule has 1 unspecified atom stereocenters. The molecular weight excluding hydrogens is 1130 g/mol. The van der Waals surface area contributed by atoms with Crippen molar-refractivity contribution in [1.82, 2.24) is 14.8 Å². The van der Waals surface area contributed by atoms with Gasteiger partial charge in [0.15, 0.2) is 44.3 Å². The summed E-state index contributed by atoms with van der Waals surface area (Å²) in [6.07, 6.45) is 0. The summed E-state index contributed by atoms with van der Waals surface area (Å²) >= 11 is 10.8. The van der Waals surface area contributed by atoms with Gasteiger partial charge in [0.1, 0.15) is 10.7 Å². The maximum atomic E-state index is 14.0. The fourth-order valence-corrected chi connectivity index (χ4v) is 9.38. The lowest BCUT2D eigenvalue weighted by Gasteiger charge is -2.38. The third kappa shape index (κ3) is 18.2. The Bertz CT molecular complexity index is 2550. The zero-order chi connectivity index (χ0) is 50.9. The molecule has 2 aliphatic heterocycles. The quantitative estimate of drug-likeness (QED) is 0.0207. The second-order valence-corrected chi connectivity index (χ2v) is 19.8. The number of nitrogen functional groups attached to an aromatic ring is 1. The molecule has 4 aromatic carbocycles. The van der Waals surface area contributed by atoms with Crippen molar-refractivity contribution in [3.05, 3.63) is 113 Å². The molecule has 0 radical (unpaired) electrons. The van der Waals surface area contributed by atoms with Crippen molar-refractivity contribution in [2.24, 2.45) is 10.7 Å². The summed E-state index contributed by atoms with van der Waals surface area (Å²) in [4.78, 5) is 42.4. The largest absolute Gasteiger partial charge is 0.494 e. The molecule has 2 fully saturated rings. The van der Waals surface area contributed by atoms with Crippen molar-refractivity contribution >= 4 is 134 Å². The van der Waals surface area contributed by atoms with Gasteiger partial charge in [-0.3, -0.25) is 19.4 Å². The number of rotatable bonds is 14. The summed E-state index contributed by atoms with van der Waals surface area (Å²) in [6, 6.07) is 25.9.